The van der Waals surface area contributed by atoms with Crippen molar-refractivity contribution in [2.24, 2.45) is 0 Å². The standard InChI is InChI=1S/C25H27FN2O5S/c1-18(28-24-7-2-3-13-27-24)12-14-33-22-5-4-6-23(16-22)34(31,32)17-20(15-25(29)30)19-8-10-21(26)11-9-19/h2-11,13,16,18,20H,12,14-15,17H2,1H3,(H,27,28)(H,29,30). The minimum Gasteiger partial charge on any atom is -0.493 e. The van der Waals surface area contributed by atoms with E-state index in [-0.39, 0.29) is 17.4 Å². The SMILES string of the molecule is CC(CCOc1cccc(S(=O)(=O)CC(CC(=O)O)c2ccc(F)cc2)c1)Nc1ccccn1. The summed E-state index contributed by atoms with van der Waals surface area (Å²) in [7, 11) is -3.83. The molecular formula is C25H27FN2O5S. The zero-order valence-electron chi connectivity index (χ0n) is 18.7. The Bertz CT molecular complexity index is 1190. The van der Waals surface area contributed by atoms with Gasteiger partial charge in [0.05, 0.1) is 23.7 Å². The van der Waals surface area contributed by atoms with Crippen LogP contribution in [0.1, 0.15) is 31.2 Å². The average molecular weight is 487 g/mol. The molecule has 34 heavy (non-hydrogen) atoms. The predicted octanol–water partition coefficient (Wildman–Crippen LogP) is 4.52. The molecule has 3 rings (SSSR count). The fourth-order valence-electron chi connectivity index (χ4n) is 3.46. The van der Waals surface area contributed by atoms with Crippen LogP contribution in [-0.4, -0.2) is 42.9 Å². The molecule has 0 aliphatic carbocycles. The van der Waals surface area contributed by atoms with Crippen LogP contribution >= 0.6 is 0 Å². The highest BCUT2D eigenvalue weighted by molar-refractivity contribution is 7.91. The van der Waals surface area contributed by atoms with E-state index in [4.69, 9.17) is 4.74 Å². The lowest BCUT2D eigenvalue weighted by Crippen LogP contribution is -2.19. The van der Waals surface area contributed by atoms with Crippen LogP contribution in [-0.2, 0) is 14.6 Å². The number of hydrogen-bond acceptors (Lipinski definition) is 6. The number of pyridine rings is 1. The number of nitrogens with one attached hydrogen (secondary N) is 1. The Balaban J connectivity index is 1.64. The van der Waals surface area contributed by atoms with Crippen molar-refractivity contribution in [2.75, 3.05) is 17.7 Å². The van der Waals surface area contributed by atoms with Gasteiger partial charge in [0.2, 0.25) is 0 Å². The molecule has 0 aliphatic rings. The Hall–Kier alpha value is -3.46. The molecule has 2 unspecified atom stereocenters. The highest BCUT2D eigenvalue weighted by atomic mass is 32.2. The lowest BCUT2D eigenvalue weighted by molar-refractivity contribution is -0.137. The number of halogens is 1. The lowest BCUT2D eigenvalue weighted by atomic mass is 9.98. The van der Waals surface area contributed by atoms with Crippen molar-refractivity contribution in [1.82, 2.24) is 4.98 Å². The second-order valence-electron chi connectivity index (χ2n) is 8.00. The third kappa shape index (κ3) is 7.55. The number of sulfone groups is 1. The van der Waals surface area contributed by atoms with Gasteiger partial charge >= 0.3 is 5.97 Å². The highest BCUT2D eigenvalue weighted by Gasteiger charge is 2.25. The van der Waals surface area contributed by atoms with Crippen LogP contribution in [0, 0.1) is 5.82 Å². The molecule has 7 nitrogen and oxygen atoms in total. The van der Waals surface area contributed by atoms with E-state index >= 15 is 0 Å². The quantitative estimate of drug-likeness (QED) is 0.388. The fraction of sp³-hybridized carbons (Fsp3) is 0.280. The number of hydrogen-bond donors (Lipinski definition) is 2. The van der Waals surface area contributed by atoms with Crippen LogP contribution < -0.4 is 10.1 Å². The molecule has 2 atom stereocenters. The summed E-state index contributed by atoms with van der Waals surface area (Å²) >= 11 is 0. The van der Waals surface area contributed by atoms with Crippen LogP contribution in [0.2, 0.25) is 0 Å². The van der Waals surface area contributed by atoms with Crippen LogP contribution in [0.4, 0.5) is 10.2 Å². The van der Waals surface area contributed by atoms with Gasteiger partial charge in [-0.05, 0) is 55.0 Å². The van der Waals surface area contributed by atoms with Gasteiger partial charge in [-0.15, -0.1) is 0 Å². The predicted molar refractivity (Wildman–Crippen MR) is 127 cm³/mol. The van der Waals surface area contributed by atoms with Crippen molar-refractivity contribution in [3.63, 3.8) is 0 Å². The summed E-state index contributed by atoms with van der Waals surface area (Å²) in [6.07, 6.45) is 1.98. The van der Waals surface area contributed by atoms with E-state index in [2.05, 4.69) is 10.3 Å². The molecule has 1 aromatic heterocycles. The number of nitrogens with zero attached hydrogens (tertiary/aromatic N) is 1. The monoisotopic (exact) mass is 486 g/mol. The largest absolute Gasteiger partial charge is 0.493 e. The molecule has 9 heteroatoms. The number of rotatable bonds is 12. The summed E-state index contributed by atoms with van der Waals surface area (Å²) < 4.78 is 45.1. The first-order valence-corrected chi connectivity index (χ1v) is 12.5. The number of carbonyl (C=O) groups is 1. The topological polar surface area (TPSA) is 106 Å². The molecule has 0 amide bonds. The zero-order chi connectivity index (χ0) is 24.6. The molecule has 0 fully saturated rings. The average Bonchev–Trinajstić information content (AvgIpc) is 2.79. The first-order valence-electron chi connectivity index (χ1n) is 10.8. The lowest BCUT2D eigenvalue weighted by Gasteiger charge is -2.17. The van der Waals surface area contributed by atoms with E-state index in [1.54, 1.807) is 18.3 Å². The van der Waals surface area contributed by atoms with Crippen molar-refractivity contribution in [2.45, 2.75) is 36.6 Å². The van der Waals surface area contributed by atoms with E-state index in [1.807, 2.05) is 25.1 Å². The second kappa shape index (κ2) is 11.6. The fourth-order valence-corrected chi connectivity index (χ4v) is 5.08. The van der Waals surface area contributed by atoms with Gasteiger partial charge in [-0.3, -0.25) is 4.79 Å². The number of anilines is 1. The zero-order valence-corrected chi connectivity index (χ0v) is 19.5. The Morgan fingerprint density at radius 3 is 2.56 bits per heavy atom. The van der Waals surface area contributed by atoms with E-state index in [1.165, 1.54) is 36.4 Å². The van der Waals surface area contributed by atoms with Gasteiger partial charge in [-0.1, -0.05) is 24.3 Å². The Morgan fingerprint density at radius 1 is 1.12 bits per heavy atom. The van der Waals surface area contributed by atoms with Crippen LogP contribution in [0.15, 0.2) is 77.8 Å². The maximum atomic E-state index is 13.3. The maximum absolute atomic E-state index is 13.3. The third-order valence-corrected chi connectivity index (χ3v) is 7.04. The summed E-state index contributed by atoms with van der Waals surface area (Å²) in [5.41, 5.74) is 0.453. The molecule has 1 heterocycles. The third-order valence-electron chi connectivity index (χ3n) is 5.23. The molecule has 2 N–H and O–H groups in total. The van der Waals surface area contributed by atoms with Crippen molar-refractivity contribution in [1.29, 1.82) is 0 Å². The minimum absolute atomic E-state index is 0.0437. The number of aliphatic carboxylic acids is 1. The molecule has 0 aliphatic heterocycles. The molecule has 0 bridgehead atoms. The van der Waals surface area contributed by atoms with Crippen LogP contribution in [0.3, 0.4) is 0 Å². The summed E-state index contributed by atoms with van der Waals surface area (Å²) in [4.78, 5) is 15.6. The molecular weight excluding hydrogens is 459 g/mol. The molecule has 0 radical (unpaired) electrons. The van der Waals surface area contributed by atoms with Gasteiger partial charge in [0.25, 0.3) is 0 Å². The Labute approximate surface area is 198 Å². The number of ether oxygens (including phenoxy) is 1. The van der Waals surface area contributed by atoms with Gasteiger partial charge in [0.15, 0.2) is 9.84 Å². The van der Waals surface area contributed by atoms with Gasteiger partial charge in [0.1, 0.15) is 17.4 Å². The first kappa shape index (κ1) is 25.2. The summed E-state index contributed by atoms with van der Waals surface area (Å²) in [6, 6.07) is 17.0. The van der Waals surface area contributed by atoms with Gasteiger partial charge < -0.3 is 15.2 Å². The summed E-state index contributed by atoms with van der Waals surface area (Å²) in [6.45, 7) is 2.36. The van der Waals surface area contributed by atoms with Crippen molar-refractivity contribution >= 4 is 21.6 Å². The normalized spacial score (nSPS) is 13.1. The summed E-state index contributed by atoms with van der Waals surface area (Å²) in [5, 5.41) is 12.5. The van der Waals surface area contributed by atoms with Gasteiger partial charge in [-0.2, -0.15) is 0 Å². The Morgan fingerprint density at radius 2 is 1.88 bits per heavy atom. The molecule has 0 spiro atoms. The number of aromatic nitrogens is 1. The van der Waals surface area contributed by atoms with E-state index < -0.39 is 33.3 Å². The maximum Gasteiger partial charge on any atom is 0.303 e. The van der Waals surface area contributed by atoms with Crippen LogP contribution in [0.5, 0.6) is 5.75 Å². The van der Waals surface area contributed by atoms with Crippen LogP contribution in [0.25, 0.3) is 0 Å². The molecule has 0 saturated heterocycles. The van der Waals surface area contributed by atoms with Crippen molar-refractivity contribution in [3.8, 4) is 5.75 Å². The van der Waals surface area contributed by atoms with E-state index in [0.29, 0.717) is 24.3 Å². The molecule has 3 aromatic rings. The number of carboxylic acid groups (broad SMARTS) is 1. The molecule has 0 saturated carbocycles. The van der Waals surface area contributed by atoms with Crippen molar-refractivity contribution in [3.05, 3.63) is 84.3 Å². The van der Waals surface area contributed by atoms with E-state index in [0.717, 1.165) is 5.82 Å². The van der Waals surface area contributed by atoms with E-state index in [9.17, 15) is 22.7 Å². The first-order chi connectivity index (χ1) is 16.2. The summed E-state index contributed by atoms with van der Waals surface area (Å²) in [5.74, 6) is -1.67. The second-order valence-corrected chi connectivity index (χ2v) is 10.0. The smallest absolute Gasteiger partial charge is 0.303 e. The van der Waals surface area contributed by atoms with Crippen molar-refractivity contribution < 1.29 is 27.4 Å². The number of benzene rings is 2. The van der Waals surface area contributed by atoms with Gasteiger partial charge in [-0.25, -0.2) is 17.8 Å². The highest BCUT2D eigenvalue weighted by Crippen LogP contribution is 2.27. The van der Waals surface area contributed by atoms with Gasteiger partial charge in [0, 0.05) is 24.6 Å². The number of carboxylic acids is 1. The molecule has 180 valence electrons. The molecule has 2 aromatic carbocycles. The Kier molecular flexibility index (Phi) is 8.59. The minimum atomic E-state index is -3.83.